The van der Waals surface area contributed by atoms with Crippen LogP contribution in [0.2, 0.25) is 0 Å². The van der Waals surface area contributed by atoms with Crippen LogP contribution in [0.1, 0.15) is 25.7 Å². The Morgan fingerprint density at radius 3 is 2.89 bits per heavy atom. The molecule has 0 radical (unpaired) electrons. The van der Waals surface area contributed by atoms with Crippen LogP contribution < -0.4 is 11.1 Å². The van der Waals surface area contributed by atoms with Crippen molar-refractivity contribution >= 4 is 17.5 Å². The lowest BCUT2D eigenvalue weighted by molar-refractivity contribution is -0.384. The molecule has 18 heavy (non-hydrogen) atoms. The molecular formula is C10H15N5O3. The van der Waals surface area contributed by atoms with Crippen molar-refractivity contribution in [1.29, 1.82) is 0 Å². The first-order chi connectivity index (χ1) is 8.58. The third-order valence-corrected chi connectivity index (χ3v) is 3.04. The number of aromatic nitrogens is 2. The van der Waals surface area contributed by atoms with Crippen LogP contribution in [0.4, 0.5) is 17.5 Å². The molecule has 1 aliphatic rings. The van der Waals surface area contributed by atoms with Gasteiger partial charge in [0.1, 0.15) is 6.20 Å². The lowest BCUT2D eigenvalue weighted by atomic mass is 9.92. The van der Waals surface area contributed by atoms with Crippen LogP contribution >= 0.6 is 0 Å². The normalized spacial score (nSPS) is 23.6. The van der Waals surface area contributed by atoms with Crippen molar-refractivity contribution in [1.82, 2.24) is 9.97 Å². The minimum atomic E-state index is -0.572. The Kier molecular flexibility index (Phi) is 3.56. The summed E-state index contributed by atoms with van der Waals surface area (Å²) in [5.74, 6) is 0.0341. The van der Waals surface area contributed by atoms with Crippen LogP contribution in [0.25, 0.3) is 0 Å². The van der Waals surface area contributed by atoms with Gasteiger partial charge in [0.15, 0.2) is 0 Å². The number of nitrogens with one attached hydrogen (secondary N) is 1. The number of nitrogens with zero attached hydrogens (tertiary/aromatic N) is 3. The van der Waals surface area contributed by atoms with E-state index in [-0.39, 0.29) is 23.5 Å². The molecule has 8 nitrogen and oxygen atoms in total. The molecule has 1 aromatic heterocycles. The molecule has 0 aliphatic heterocycles. The summed E-state index contributed by atoms with van der Waals surface area (Å²) in [7, 11) is 0. The molecular weight excluding hydrogens is 238 g/mol. The van der Waals surface area contributed by atoms with E-state index >= 15 is 0 Å². The zero-order valence-corrected chi connectivity index (χ0v) is 9.74. The fraction of sp³-hybridized carbons (Fsp3) is 0.600. The van der Waals surface area contributed by atoms with Gasteiger partial charge in [-0.2, -0.15) is 4.98 Å². The summed E-state index contributed by atoms with van der Waals surface area (Å²) in [5, 5.41) is 23.6. The van der Waals surface area contributed by atoms with Crippen molar-refractivity contribution in [3.05, 3.63) is 16.3 Å². The van der Waals surface area contributed by atoms with E-state index in [9.17, 15) is 15.2 Å². The van der Waals surface area contributed by atoms with E-state index in [1.54, 1.807) is 0 Å². The molecule has 0 bridgehead atoms. The smallest absolute Gasteiger partial charge is 0.329 e. The first kappa shape index (κ1) is 12.5. The minimum absolute atomic E-state index is 0.0339. The van der Waals surface area contributed by atoms with Gasteiger partial charge in [0.05, 0.1) is 17.1 Å². The van der Waals surface area contributed by atoms with Crippen molar-refractivity contribution < 1.29 is 10.0 Å². The van der Waals surface area contributed by atoms with Crippen molar-refractivity contribution in [2.75, 3.05) is 11.1 Å². The zero-order chi connectivity index (χ0) is 13.1. The fourth-order valence-electron chi connectivity index (χ4n) is 2.08. The summed E-state index contributed by atoms with van der Waals surface area (Å²) in [6.45, 7) is 0. The average Bonchev–Trinajstić information content (AvgIpc) is 2.32. The number of rotatable bonds is 3. The first-order valence-corrected chi connectivity index (χ1v) is 5.79. The van der Waals surface area contributed by atoms with E-state index in [1.165, 1.54) is 0 Å². The summed E-state index contributed by atoms with van der Waals surface area (Å²) in [4.78, 5) is 17.7. The van der Waals surface area contributed by atoms with Gasteiger partial charge in [0, 0.05) is 0 Å². The largest absolute Gasteiger partial charge is 0.391 e. The van der Waals surface area contributed by atoms with Crippen LogP contribution in [-0.4, -0.2) is 32.1 Å². The highest BCUT2D eigenvalue weighted by Gasteiger charge is 2.26. The number of nitrogens with two attached hydrogens (primary N) is 1. The van der Waals surface area contributed by atoms with Gasteiger partial charge in [0.25, 0.3) is 0 Å². The van der Waals surface area contributed by atoms with E-state index in [0.29, 0.717) is 6.42 Å². The fourth-order valence-corrected chi connectivity index (χ4v) is 2.08. The molecule has 1 heterocycles. The summed E-state index contributed by atoms with van der Waals surface area (Å²) in [6.07, 6.45) is 3.93. The van der Waals surface area contributed by atoms with Gasteiger partial charge in [-0.1, -0.05) is 12.8 Å². The molecule has 8 heteroatoms. The molecule has 1 aromatic rings. The SMILES string of the molecule is Nc1ncc([N+](=O)[O-])c(NC2CCCCC2O)n1. The van der Waals surface area contributed by atoms with Crippen molar-refractivity contribution in [2.24, 2.45) is 0 Å². The summed E-state index contributed by atoms with van der Waals surface area (Å²) in [6, 6.07) is -0.230. The lowest BCUT2D eigenvalue weighted by Crippen LogP contribution is -2.36. The molecule has 2 unspecified atom stereocenters. The zero-order valence-electron chi connectivity index (χ0n) is 9.74. The Balaban J connectivity index is 2.21. The van der Waals surface area contributed by atoms with E-state index < -0.39 is 11.0 Å². The van der Waals surface area contributed by atoms with Gasteiger partial charge < -0.3 is 16.2 Å². The Morgan fingerprint density at radius 2 is 2.22 bits per heavy atom. The molecule has 1 saturated carbocycles. The highest BCUT2D eigenvalue weighted by Crippen LogP contribution is 2.26. The predicted molar refractivity (Wildman–Crippen MR) is 65.0 cm³/mol. The minimum Gasteiger partial charge on any atom is -0.391 e. The van der Waals surface area contributed by atoms with Gasteiger partial charge in [-0.3, -0.25) is 10.1 Å². The maximum absolute atomic E-state index is 10.8. The second-order valence-electron chi connectivity index (χ2n) is 4.32. The number of hydrogen-bond donors (Lipinski definition) is 3. The van der Waals surface area contributed by atoms with Gasteiger partial charge in [0.2, 0.25) is 11.8 Å². The lowest BCUT2D eigenvalue weighted by Gasteiger charge is -2.28. The summed E-state index contributed by atoms with van der Waals surface area (Å²) < 4.78 is 0. The number of aliphatic hydroxyl groups is 1. The maximum Gasteiger partial charge on any atom is 0.329 e. The highest BCUT2D eigenvalue weighted by molar-refractivity contribution is 5.57. The molecule has 2 atom stereocenters. The van der Waals surface area contributed by atoms with Crippen molar-refractivity contribution in [2.45, 2.75) is 37.8 Å². The van der Waals surface area contributed by atoms with E-state index in [2.05, 4.69) is 15.3 Å². The Hall–Kier alpha value is -1.96. The maximum atomic E-state index is 10.8. The number of hydrogen-bond acceptors (Lipinski definition) is 7. The standard InChI is InChI=1S/C10H15N5O3/c11-10-12-5-7(15(17)18)9(14-10)13-6-3-1-2-4-8(6)16/h5-6,8,16H,1-4H2,(H3,11,12,13,14). The molecule has 2 rings (SSSR count). The van der Waals surface area contributed by atoms with Crippen LogP contribution in [0.15, 0.2) is 6.20 Å². The molecule has 0 spiro atoms. The van der Waals surface area contributed by atoms with Gasteiger partial charge >= 0.3 is 5.69 Å². The van der Waals surface area contributed by atoms with Crippen LogP contribution in [0.5, 0.6) is 0 Å². The monoisotopic (exact) mass is 253 g/mol. The molecule has 1 aliphatic carbocycles. The molecule has 1 fully saturated rings. The van der Waals surface area contributed by atoms with E-state index in [1.807, 2.05) is 0 Å². The Bertz CT molecular complexity index is 453. The van der Waals surface area contributed by atoms with Gasteiger partial charge in [-0.15, -0.1) is 0 Å². The average molecular weight is 253 g/mol. The summed E-state index contributed by atoms with van der Waals surface area (Å²) >= 11 is 0. The van der Waals surface area contributed by atoms with Crippen LogP contribution in [0, 0.1) is 10.1 Å². The molecule has 98 valence electrons. The predicted octanol–water partition coefficient (Wildman–Crippen LogP) is 0.682. The molecule has 0 amide bonds. The Morgan fingerprint density at radius 1 is 1.50 bits per heavy atom. The Labute approximate surface area is 103 Å². The van der Waals surface area contributed by atoms with Crippen molar-refractivity contribution in [3.63, 3.8) is 0 Å². The van der Waals surface area contributed by atoms with Crippen molar-refractivity contribution in [3.8, 4) is 0 Å². The van der Waals surface area contributed by atoms with E-state index in [4.69, 9.17) is 5.73 Å². The molecule has 0 aromatic carbocycles. The van der Waals surface area contributed by atoms with E-state index in [0.717, 1.165) is 25.5 Å². The molecule has 4 N–H and O–H groups in total. The number of nitrogen functional groups attached to an aromatic ring is 1. The first-order valence-electron chi connectivity index (χ1n) is 5.79. The van der Waals surface area contributed by atoms with Gasteiger partial charge in [-0.05, 0) is 12.8 Å². The number of anilines is 2. The number of aliphatic hydroxyl groups excluding tert-OH is 1. The topological polar surface area (TPSA) is 127 Å². The number of nitro groups is 1. The third kappa shape index (κ3) is 2.65. The van der Waals surface area contributed by atoms with Crippen LogP contribution in [0.3, 0.4) is 0 Å². The third-order valence-electron chi connectivity index (χ3n) is 3.04. The highest BCUT2D eigenvalue weighted by atomic mass is 16.6. The van der Waals surface area contributed by atoms with Crippen LogP contribution in [-0.2, 0) is 0 Å². The summed E-state index contributed by atoms with van der Waals surface area (Å²) in [5.41, 5.74) is 5.19. The second kappa shape index (κ2) is 5.13. The molecule has 0 saturated heterocycles. The van der Waals surface area contributed by atoms with Gasteiger partial charge in [-0.25, -0.2) is 4.98 Å². The quantitative estimate of drug-likeness (QED) is 0.533. The second-order valence-corrected chi connectivity index (χ2v) is 4.32.